The molecular weight excluding hydrogens is 310 g/mol. The van der Waals surface area contributed by atoms with Crippen molar-refractivity contribution in [2.45, 2.75) is 18.0 Å². The number of nitrogens with zero attached hydrogens (tertiary/aromatic N) is 2. The van der Waals surface area contributed by atoms with Gasteiger partial charge in [-0.05, 0) is 42.7 Å². The summed E-state index contributed by atoms with van der Waals surface area (Å²) in [6, 6.07) is 15.2. The monoisotopic (exact) mass is 327 g/mol. The number of benzene rings is 2. The highest BCUT2D eigenvalue weighted by Gasteiger charge is 2.12. The first-order valence-corrected chi connectivity index (χ1v) is 8.42. The number of carbonyl (C=O) groups is 1. The van der Waals surface area contributed by atoms with Crippen molar-refractivity contribution in [3.05, 3.63) is 54.4 Å². The number of hydrogen-bond acceptors (Lipinski definition) is 4. The Hall–Kier alpha value is -2.31. The summed E-state index contributed by atoms with van der Waals surface area (Å²) in [5, 5.41) is 12.3. The Balaban J connectivity index is 1.79. The van der Waals surface area contributed by atoms with E-state index in [1.54, 1.807) is 16.3 Å². The van der Waals surface area contributed by atoms with E-state index in [2.05, 4.69) is 10.3 Å². The van der Waals surface area contributed by atoms with Crippen molar-refractivity contribution in [3.8, 4) is 0 Å². The molecule has 1 heterocycles. The summed E-state index contributed by atoms with van der Waals surface area (Å²) in [6.45, 7) is -0.0922. The highest BCUT2D eigenvalue weighted by molar-refractivity contribution is 7.98. The summed E-state index contributed by atoms with van der Waals surface area (Å²) in [5.74, 6) is 0.332. The zero-order valence-corrected chi connectivity index (χ0v) is 13.5. The van der Waals surface area contributed by atoms with Crippen LogP contribution in [0.15, 0.2) is 53.4 Å². The van der Waals surface area contributed by atoms with Crippen LogP contribution < -0.4 is 5.32 Å². The number of hydrogen-bond donors (Lipinski definition) is 2. The van der Waals surface area contributed by atoms with E-state index in [0.717, 1.165) is 21.6 Å². The van der Waals surface area contributed by atoms with Gasteiger partial charge in [0.1, 0.15) is 19.0 Å². The van der Waals surface area contributed by atoms with Gasteiger partial charge in [-0.25, -0.2) is 4.98 Å². The van der Waals surface area contributed by atoms with Gasteiger partial charge in [0, 0.05) is 10.6 Å². The van der Waals surface area contributed by atoms with Crippen molar-refractivity contribution in [1.82, 2.24) is 9.55 Å². The highest BCUT2D eigenvalue weighted by Crippen LogP contribution is 2.19. The predicted octanol–water partition coefficient (Wildman–Crippen LogP) is 2.89. The first-order chi connectivity index (χ1) is 11.2. The maximum absolute atomic E-state index is 12.3. The van der Waals surface area contributed by atoms with E-state index < -0.39 is 0 Å². The lowest BCUT2D eigenvalue weighted by Crippen LogP contribution is -2.20. The third kappa shape index (κ3) is 3.38. The minimum atomic E-state index is -0.204. The second-order valence-electron chi connectivity index (χ2n) is 5.04. The maximum atomic E-state index is 12.3. The molecule has 1 amide bonds. The van der Waals surface area contributed by atoms with E-state index in [1.165, 1.54) is 0 Å². The summed E-state index contributed by atoms with van der Waals surface area (Å²) >= 11 is 1.65. The Bertz CT molecular complexity index is 827. The Morgan fingerprint density at radius 2 is 1.96 bits per heavy atom. The molecule has 1 aromatic heterocycles. The third-order valence-corrected chi connectivity index (χ3v) is 4.29. The van der Waals surface area contributed by atoms with Crippen molar-refractivity contribution < 1.29 is 9.90 Å². The van der Waals surface area contributed by atoms with Gasteiger partial charge < -0.3 is 15.0 Å². The number of fused-ring (bicyclic) bond motifs is 1. The minimum absolute atomic E-state index is 0.112. The fourth-order valence-electron chi connectivity index (χ4n) is 2.44. The van der Waals surface area contributed by atoms with Gasteiger partial charge in [-0.3, -0.25) is 4.79 Å². The van der Waals surface area contributed by atoms with Crippen LogP contribution in [0.3, 0.4) is 0 Å². The number of nitrogens with one attached hydrogen (secondary N) is 1. The molecule has 0 bridgehead atoms. The van der Waals surface area contributed by atoms with E-state index in [-0.39, 0.29) is 19.1 Å². The molecular formula is C17H17N3O2S. The standard InChI is InChI=1S/C17H17N3O2S/c1-23-13-8-6-12(7-9-13)18-17(22)10-20-15-5-3-2-4-14(15)19-16(20)11-21/h2-9,21H,10-11H2,1H3,(H,18,22). The Morgan fingerprint density at radius 1 is 1.22 bits per heavy atom. The van der Waals surface area contributed by atoms with E-state index in [0.29, 0.717) is 5.82 Å². The number of anilines is 1. The van der Waals surface area contributed by atoms with Gasteiger partial charge >= 0.3 is 0 Å². The number of carbonyl (C=O) groups excluding carboxylic acids is 1. The highest BCUT2D eigenvalue weighted by atomic mass is 32.2. The largest absolute Gasteiger partial charge is 0.388 e. The third-order valence-electron chi connectivity index (χ3n) is 3.55. The van der Waals surface area contributed by atoms with Crippen LogP contribution in [0.2, 0.25) is 0 Å². The normalized spacial score (nSPS) is 10.9. The van der Waals surface area contributed by atoms with Crippen molar-refractivity contribution in [2.75, 3.05) is 11.6 Å². The van der Waals surface area contributed by atoms with E-state index >= 15 is 0 Å². The number of aromatic nitrogens is 2. The molecule has 23 heavy (non-hydrogen) atoms. The molecule has 0 radical (unpaired) electrons. The van der Waals surface area contributed by atoms with Crippen LogP contribution in [-0.4, -0.2) is 26.8 Å². The maximum Gasteiger partial charge on any atom is 0.244 e. The van der Waals surface area contributed by atoms with Crippen LogP contribution in [0.5, 0.6) is 0 Å². The quantitative estimate of drug-likeness (QED) is 0.707. The molecule has 0 aliphatic rings. The van der Waals surface area contributed by atoms with Crippen molar-refractivity contribution in [1.29, 1.82) is 0 Å². The van der Waals surface area contributed by atoms with Gasteiger partial charge in [0.05, 0.1) is 11.0 Å². The van der Waals surface area contributed by atoms with Gasteiger partial charge in [0.15, 0.2) is 0 Å². The van der Waals surface area contributed by atoms with E-state index in [4.69, 9.17) is 0 Å². The van der Waals surface area contributed by atoms with Crippen molar-refractivity contribution in [2.24, 2.45) is 0 Å². The number of aliphatic hydroxyl groups is 1. The number of amides is 1. The lowest BCUT2D eigenvalue weighted by molar-refractivity contribution is -0.116. The molecule has 0 saturated carbocycles. The molecule has 0 unspecified atom stereocenters. The van der Waals surface area contributed by atoms with Gasteiger partial charge in [0.25, 0.3) is 0 Å². The van der Waals surface area contributed by atoms with E-state index in [9.17, 15) is 9.90 Å². The second-order valence-corrected chi connectivity index (χ2v) is 5.92. The zero-order valence-electron chi connectivity index (χ0n) is 12.7. The number of aliphatic hydroxyl groups excluding tert-OH is 1. The van der Waals surface area contributed by atoms with Gasteiger partial charge in [-0.15, -0.1) is 11.8 Å². The molecule has 0 aliphatic carbocycles. The van der Waals surface area contributed by atoms with Gasteiger partial charge in [-0.1, -0.05) is 12.1 Å². The van der Waals surface area contributed by atoms with Crippen LogP contribution in [0.25, 0.3) is 11.0 Å². The molecule has 0 aliphatic heterocycles. The summed E-state index contributed by atoms with van der Waals surface area (Å²) in [4.78, 5) is 17.8. The summed E-state index contributed by atoms with van der Waals surface area (Å²) in [5.41, 5.74) is 2.36. The molecule has 0 saturated heterocycles. The van der Waals surface area contributed by atoms with Gasteiger partial charge in [0.2, 0.25) is 5.91 Å². The molecule has 3 rings (SSSR count). The van der Waals surface area contributed by atoms with Crippen LogP contribution in [0.4, 0.5) is 5.69 Å². The second kappa shape index (κ2) is 6.85. The number of rotatable bonds is 5. The molecule has 5 nitrogen and oxygen atoms in total. The van der Waals surface area contributed by atoms with Crippen LogP contribution in [0.1, 0.15) is 5.82 Å². The van der Waals surface area contributed by atoms with Crippen LogP contribution in [0, 0.1) is 0 Å². The molecule has 0 spiro atoms. The molecule has 3 aromatic rings. The fraction of sp³-hybridized carbons (Fsp3) is 0.176. The fourth-order valence-corrected chi connectivity index (χ4v) is 2.85. The first kappa shape index (κ1) is 15.6. The molecule has 2 aromatic carbocycles. The predicted molar refractivity (Wildman–Crippen MR) is 92.5 cm³/mol. The average molecular weight is 327 g/mol. The lowest BCUT2D eigenvalue weighted by atomic mass is 10.3. The van der Waals surface area contributed by atoms with Crippen molar-refractivity contribution in [3.63, 3.8) is 0 Å². The Morgan fingerprint density at radius 3 is 2.65 bits per heavy atom. The lowest BCUT2D eigenvalue weighted by Gasteiger charge is -2.09. The van der Waals surface area contributed by atoms with Crippen LogP contribution in [-0.2, 0) is 17.9 Å². The minimum Gasteiger partial charge on any atom is -0.388 e. The van der Waals surface area contributed by atoms with Gasteiger partial charge in [-0.2, -0.15) is 0 Å². The number of thioether (sulfide) groups is 1. The number of imidazole rings is 1. The zero-order chi connectivity index (χ0) is 16.2. The topological polar surface area (TPSA) is 67.2 Å². The summed E-state index contributed by atoms with van der Waals surface area (Å²) in [7, 11) is 0. The average Bonchev–Trinajstić information content (AvgIpc) is 2.93. The van der Waals surface area contributed by atoms with Crippen molar-refractivity contribution >= 4 is 34.4 Å². The van der Waals surface area contributed by atoms with Crippen LogP contribution >= 0.6 is 11.8 Å². The summed E-state index contributed by atoms with van der Waals surface area (Å²) < 4.78 is 1.74. The SMILES string of the molecule is CSc1ccc(NC(=O)Cn2c(CO)nc3ccccc32)cc1. The molecule has 118 valence electrons. The molecule has 2 N–H and O–H groups in total. The summed E-state index contributed by atoms with van der Waals surface area (Å²) in [6.07, 6.45) is 2.01. The smallest absolute Gasteiger partial charge is 0.244 e. The van der Waals surface area contributed by atoms with E-state index in [1.807, 2.05) is 54.8 Å². The number of para-hydroxylation sites is 2. The Kier molecular flexibility index (Phi) is 4.64. The molecule has 0 atom stereocenters. The molecule has 0 fully saturated rings. The Labute approximate surface area is 138 Å². The molecule has 6 heteroatoms. The first-order valence-electron chi connectivity index (χ1n) is 7.20.